The van der Waals surface area contributed by atoms with Crippen LogP contribution in [0.2, 0.25) is 0 Å². The predicted molar refractivity (Wildman–Crippen MR) is 97.2 cm³/mol. The third-order valence-electron chi connectivity index (χ3n) is 5.05. The topological polar surface area (TPSA) is 38.1 Å². The molecule has 4 rings (SSSR count). The first-order valence-corrected chi connectivity index (χ1v) is 9.92. The Morgan fingerprint density at radius 3 is 2.71 bits per heavy atom. The molecule has 2 aliphatic rings. The Balaban J connectivity index is 1.35. The normalized spacial score (nSPS) is 18.4. The van der Waals surface area contributed by atoms with Crippen LogP contribution in [0.4, 0.5) is 0 Å². The maximum absolute atomic E-state index is 12.7. The molecule has 126 valence electrons. The molecule has 24 heavy (non-hydrogen) atoms. The Kier molecular flexibility index (Phi) is 4.60. The molecule has 0 N–H and O–H groups in total. The fourth-order valence-corrected chi connectivity index (χ4v) is 4.53. The lowest BCUT2D eigenvalue weighted by Gasteiger charge is -2.31. The van der Waals surface area contributed by atoms with Crippen molar-refractivity contribution in [2.75, 3.05) is 18.8 Å². The van der Waals surface area contributed by atoms with E-state index in [1.54, 1.807) is 0 Å². The number of carbonyl (C=O) groups is 1. The third kappa shape index (κ3) is 3.36. The van der Waals surface area contributed by atoms with Gasteiger partial charge < -0.3 is 9.47 Å². The number of benzene rings is 1. The summed E-state index contributed by atoms with van der Waals surface area (Å²) in [5, 5.41) is 0. The van der Waals surface area contributed by atoms with Crippen molar-refractivity contribution in [2.45, 2.75) is 31.6 Å². The van der Waals surface area contributed by atoms with Gasteiger partial charge in [0, 0.05) is 31.6 Å². The van der Waals surface area contributed by atoms with Crippen LogP contribution in [0.25, 0.3) is 0 Å². The molecule has 1 aromatic carbocycles. The molecular formula is C19H23N3OS. The molecule has 1 saturated heterocycles. The highest BCUT2D eigenvalue weighted by atomic mass is 32.2. The minimum Gasteiger partial charge on any atom is -0.337 e. The average Bonchev–Trinajstić information content (AvgIpc) is 3.07. The molecular weight excluding hydrogens is 318 g/mol. The number of imidazole rings is 1. The van der Waals surface area contributed by atoms with Gasteiger partial charge in [0.25, 0.3) is 5.91 Å². The molecule has 0 atom stereocenters. The van der Waals surface area contributed by atoms with E-state index in [9.17, 15) is 4.79 Å². The van der Waals surface area contributed by atoms with Gasteiger partial charge >= 0.3 is 0 Å². The van der Waals surface area contributed by atoms with E-state index in [0.29, 0.717) is 11.6 Å². The molecule has 2 aromatic rings. The Morgan fingerprint density at radius 2 is 1.96 bits per heavy atom. The summed E-state index contributed by atoms with van der Waals surface area (Å²) in [7, 11) is 0. The van der Waals surface area contributed by atoms with Crippen LogP contribution in [0.5, 0.6) is 0 Å². The predicted octanol–water partition coefficient (Wildman–Crippen LogP) is 3.22. The minimum atomic E-state index is 0.111. The first kappa shape index (κ1) is 15.8. The molecule has 0 bridgehead atoms. The molecule has 1 fully saturated rings. The van der Waals surface area contributed by atoms with Crippen LogP contribution in [-0.4, -0.2) is 39.2 Å². The molecule has 1 aromatic heterocycles. The summed E-state index contributed by atoms with van der Waals surface area (Å²) in [6.45, 7) is 2.68. The summed E-state index contributed by atoms with van der Waals surface area (Å²) in [4.78, 5) is 19.3. The van der Waals surface area contributed by atoms with Crippen LogP contribution in [0.3, 0.4) is 0 Å². The maximum atomic E-state index is 12.7. The minimum absolute atomic E-state index is 0.111. The average molecular weight is 341 g/mol. The number of hydrogen-bond acceptors (Lipinski definition) is 3. The van der Waals surface area contributed by atoms with Gasteiger partial charge in [-0.05, 0) is 30.7 Å². The van der Waals surface area contributed by atoms with Crippen LogP contribution in [0.15, 0.2) is 36.5 Å². The third-order valence-corrected chi connectivity index (χ3v) is 5.99. The monoisotopic (exact) mass is 341 g/mol. The maximum Gasteiger partial charge on any atom is 0.274 e. The van der Waals surface area contributed by atoms with Gasteiger partial charge in [-0.3, -0.25) is 4.79 Å². The highest BCUT2D eigenvalue weighted by molar-refractivity contribution is 7.98. The number of aryl methyl sites for hydroxylation is 1. The van der Waals surface area contributed by atoms with Crippen molar-refractivity contribution in [3.05, 3.63) is 53.6 Å². The Labute approximate surface area is 147 Å². The number of piperidine rings is 1. The highest BCUT2D eigenvalue weighted by Crippen LogP contribution is 2.24. The summed E-state index contributed by atoms with van der Waals surface area (Å²) >= 11 is 1.89. The van der Waals surface area contributed by atoms with Crippen molar-refractivity contribution in [3.63, 3.8) is 0 Å². The number of amides is 1. The Hall–Kier alpha value is -1.75. The van der Waals surface area contributed by atoms with E-state index in [1.807, 2.05) is 22.9 Å². The second-order valence-corrected chi connectivity index (χ2v) is 7.82. The molecule has 2 aliphatic heterocycles. The lowest BCUT2D eigenvalue weighted by atomic mass is 9.90. The second-order valence-electron chi connectivity index (χ2n) is 6.71. The number of aromatic nitrogens is 2. The number of hydrogen-bond donors (Lipinski definition) is 0. The fraction of sp³-hybridized carbons (Fsp3) is 0.474. The number of carbonyl (C=O) groups excluding carboxylic acids is 1. The number of rotatable bonds is 3. The molecule has 0 unspecified atom stereocenters. The summed E-state index contributed by atoms with van der Waals surface area (Å²) in [5.41, 5.74) is 2.04. The number of fused-ring (bicyclic) bond motifs is 1. The van der Waals surface area contributed by atoms with E-state index < -0.39 is 0 Å². The van der Waals surface area contributed by atoms with Crippen LogP contribution in [0.1, 0.15) is 34.7 Å². The van der Waals surface area contributed by atoms with Crippen molar-refractivity contribution in [2.24, 2.45) is 5.92 Å². The largest absolute Gasteiger partial charge is 0.337 e. The first-order valence-electron chi connectivity index (χ1n) is 8.76. The van der Waals surface area contributed by atoms with Gasteiger partial charge in [-0.15, -0.1) is 0 Å². The SMILES string of the molecule is O=C(c1cn2c(n1)CSCC2)N1CCC(Cc2ccccc2)CC1. The second kappa shape index (κ2) is 7.01. The Morgan fingerprint density at radius 1 is 1.17 bits per heavy atom. The van der Waals surface area contributed by atoms with Gasteiger partial charge in [0.2, 0.25) is 0 Å². The summed E-state index contributed by atoms with van der Waals surface area (Å²) in [6, 6.07) is 10.7. The van der Waals surface area contributed by atoms with E-state index in [4.69, 9.17) is 0 Å². The molecule has 3 heterocycles. The van der Waals surface area contributed by atoms with Gasteiger partial charge in [-0.2, -0.15) is 11.8 Å². The molecule has 0 saturated carbocycles. The van der Waals surface area contributed by atoms with Crippen molar-refractivity contribution in [3.8, 4) is 0 Å². The number of nitrogens with zero attached hydrogens (tertiary/aromatic N) is 3. The molecule has 1 amide bonds. The lowest BCUT2D eigenvalue weighted by molar-refractivity contribution is 0.0685. The Bertz CT molecular complexity index is 681. The van der Waals surface area contributed by atoms with Crippen LogP contribution in [0, 0.1) is 5.92 Å². The van der Waals surface area contributed by atoms with Crippen molar-refractivity contribution >= 4 is 17.7 Å². The molecule has 0 aliphatic carbocycles. The zero-order chi connectivity index (χ0) is 16.4. The van der Waals surface area contributed by atoms with E-state index in [0.717, 1.165) is 56.2 Å². The van der Waals surface area contributed by atoms with Crippen LogP contribution in [-0.2, 0) is 18.7 Å². The van der Waals surface area contributed by atoms with E-state index >= 15 is 0 Å². The van der Waals surface area contributed by atoms with E-state index in [-0.39, 0.29) is 5.91 Å². The van der Waals surface area contributed by atoms with Crippen LogP contribution >= 0.6 is 11.8 Å². The highest BCUT2D eigenvalue weighted by Gasteiger charge is 2.26. The summed E-state index contributed by atoms with van der Waals surface area (Å²) in [5.74, 6) is 3.88. The zero-order valence-electron chi connectivity index (χ0n) is 13.9. The van der Waals surface area contributed by atoms with E-state index in [1.165, 1.54) is 5.56 Å². The van der Waals surface area contributed by atoms with Gasteiger partial charge in [0.1, 0.15) is 11.5 Å². The lowest BCUT2D eigenvalue weighted by Crippen LogP contribution is -2.39. The quantitative estimate of drug-likeness (QED) is 0.860. The van der Waals surface area contributed by atoms with Gasteiger partial charge in [0.05, 0.1) is 5.75 Å². The van der Waals surface area contributed by atoms with Gasteiger partial charge in [-0.25, -0.2) is 4.98 Å². The van der Waals surface area contributed by atoms with Crippen molar-refractivity contribution in [1.82, 2.24) is 14.5 Å². The number of thioether (sulfide) groups is 1. The first-order chi connectivity index (χ1) is 11.8. The molecule has 0 spiro atoms. The molecule has 0 radical (unpaired) electrons. The smallest absolute Gasteiger partial charge is 0.274 e. The van der Waals surface area contributed by atoms with E-state index in [2.05, 4.69) is 39.9 Å². The molecule has 5 heteroatoms. The van der Waals surface area contributed by atoms with Crippen LogP contribution < -0.4 is 0 Å². The summed E-state index contributed by atoms with van der Waals surface area (Å²) < 4.78 is 2.14. The van der Waals surface area contributed by atoms with Crippen molar-refractivity contribution < 1.29 is 4.79 Å². The zero-order valence-corrected chi connectivity index (χ0v) is 14.7. The summed E-state index contributed by atoms with van der Waals surface area (Å²) in [6.07, 6.45) is 5.25. The van der Waals surface area contributed by atoms with Gasteiger partial charge in [0.15, 0.2) is 0 Å². The fourth-order valence-electron chi connectivity index (χ4n) is 3.64. The van der Waals surface area contributed by atoms with Crippen molar-refractivity contribution in [1.29, 1.82) is 0 Å². The standard InChI is InChI=1S/C19H23N3OS/c23-19(17-13-22-10-11-24-14-18(22)20-17)21-8-6-16(7-9-21)12-15-4-2-1-3-5-15/h1-5,13,16H,6-12,14H2. The molecule has 4 nitrogen and oxygen atoms in total. The van der Waals surface area contributed by atoms with Gasteiger partial charge in [-0.1, -0.05) is 30.3 Å². The number of likely N-dealkylation sites (tertiary alicyclic amines) is 1.